The summed E-state index contributed by atoms with van der Waals surface area (Å²) in [5, 5.41) is 0. The first-order valence-electron chi connectivity index (χ1n) is 5.89. The highest BCUT2D eigenvalue weighted by Crippen LogP contribution is 2.04. The summed E-state index contributed by atoms with van der Waals surface area (Å²) in [6.07, 6.45) is 7.97. The summed E-state index contributed by atoms with van der Waals surface area (Å²) in [7, 11) is 2.10. The topological polar surface area (TPSA) is 29.3 Å². The molecule has 2 nitrogen and oxygen atoms in total. The third kappa shape index (κ3) is 6.59. The van der Waals surface area contributed by atoms with Crippen LogP contribution in [0.5, 0.6) is 0 Å². The van der Waals surface area contributed by atoms with Crippen molar-refractivity contribution in [3.8, 4) is 0 Å². The van der Waals surface area contributed by atoms with E-state index in [-0.39, 0.29) is 7.47 Å². The van der Waals surface area contributed by atoms with Crippen molar-refractivity contribution in [1.29, 1.82) is 0 Å². The van der Waals surface area contributed by atoms with Gasteiger partial charge in [0.1, 0.15) is 0 Å². The minimum absolute atomic E-state index is 0. The van der Waals surface area contributed by atoms with Gasteiger partial charge in [0.15, 0.2) is 0 Å². The summed E-state index contributed by atoms with van der Waals surface area (Å²) in [4.78, 5) is 2.26. The quantitative estimate of drug-likeness (QED) is 0.674. The molecule has 0 aromatic heterocycles. The van der Waals surface area contributed by atoms with Gasteiger partial charge in [-0.15, -0.1) is 0 Å². The first kappa shape index (κ1) is 15.1. The maximum absolute atomic E-state index is 6.04. The number of nitrogens with zero attached hydrogens (tertiary/aromatic N) is 1. The summed E-state index contributed by atoms with van der Waals surface area (Å²) in [6.45, 7) is 11.9. The molecule has 1 unspecified atom stereocenters. The van der Waals surface area contributed by atoms with Crippen LogP contribution >= 0.6 is 0 Å². The molecule has 0 aliphatic rings. The molecule has 0 aromatic carbocycles. The minimum Gasteiger partial charge on any atom is -0.326 e. The van der Waals surface area contributed by atoms with E-state index in [1.807, 2.05) is 6.08 Å². The van der Waals surface area contributed by atoms with Crippen LogP contribution in [0.3, 0.4) is 0 Å². The Kier molecular flexibility index (Phi) is 7.86. The second kappa shape index (κ2) is 8.31. The molecular weight excluding hydrogens is 196 g/mol. The summed E-state index contributed by atoms with van der Waals surface area (Å²) in [5.41, 5.74) is 7.33. The van der Waals surface area contributed by atoms with E-state index in [9.17, 15) is 0 Å². The number of hydrogen-bond acceptors (Lipinski definition) is 2. The van der Waals surface area contributed by atoms with Crippen molar-refractivity contribution in [2.75, 3.05) is 20.1 Å². The largest absolute Gasteiger partial charge is 0.326 e. The van der Waals surface area contributed by atoms with Gasteiger partial charge >= 0.3 is 0 Å². The first-order chi connectivity index (χ1) is 7.51. The molecule has 0 aliphatic carbocycles. The van der Waals surface area contributed by atoms with E-state index in [2.05, 4.69) is 51.4 Å². The van der Waals surface area contributed by atoms with Gasteiger partial charge < -0.3 is 10.6 Å². The first-order valence-corrected chi connectivity index (χ1v) is 5.89. The second-order valence-corrected chi connectivity index (χ2v) is 4.56. The van der Waals surface area contributed by atoms with Gasteiger partial charge in [0, 0.05) is 20.6 Å². The van der Waals surface area contributed by atoms with E-state index in [4.69, 9.17) is 5.73 Å². The van der Waals surface area contributed by atoms with Crippen molar-refractivity contribution < 1.29 is 1.43 Å². The van der Waals surface area contributed by atoms with Crippen molar-refractivity contribution in [3.63, 3.8) is 0 Å². The smallest absolute Gasteiger partial charge is 0.0228 e. The van der Waals surface area contributed by atoms with Gasteiger partial charge in [-0.25, -0.2) is 0 Å². The molecule has 0 rings (SSSR count). The van der Waals surface area contributed by atoms with Crippen molar-refractivity contribution in [2.24, 2.45) is 11.7 Å². The van der Waals surface area contributed by atoms with Gasteiger partial charge in [0.05, 0.1) is 0 Å². The Morgan fingerprint density at radius 3 is 2.56 bits per heavy atom. The molecule has 0 saturated heterocycles. The Morgan fingerprint density at radius 1 is 1.50 bits per heavy atom. The van der Waals surface area contributed by atoms with E-state index in [0.717, 1.165) is 13.1 Å². The number of nitrogens with two attached hydrogens (primary N) is 1. The zero-order valence-electron chi connectivity index (χ0n) is 11.1. The molecule has 16 heavy (non-hydrogen) atoms. The summed E-state index contributed by atoms with van der Waals surface area (Å²) < 4.78 is 0. The Labute approximate surface area is 102 Å². The van der Waals surface area contributed by atoms with Crippen molar-refractivity contribution in [3.05, 3.63) is 36.5 Å². The molecule has 0 spiro atoms. The molecule has 2 N–H and O–H groups in total. The molecule has 0 amide bonds. The highest BCUT2D eigenvalue weighted by atomic mass is 15.1. The Morgan fingerprint density at radius 2 is 2.12 bits per heavy atom. The van der Waals surface area contributed by atoms with Crippen molar-refractivity contribution in [2.45, 2.75) is 26.8 Å². The van der Waals surface area contributed by atoms with Crippen LogP contribution < -0.4 is 5.73 Å². The number of hydrogen-bond donors (Lipinski definition) is 1. The highest BCUT2D eigenvalue weighted by molar-refractivity contribution is 5.22. The predicted molar refractivity (Wildman–Crippen MR) is 75.5 cm³/mol. The lowest BCUT2D eigenvalue weighted by molar-refractivity contribution is 0.303. The summed E-state index contributed by atoms with van der Waals surface area (Å²) in [5.74, 6) is 0.528. The van der Waals surface area contributed by atoms with Crippen LogP contribution in [0.25, 0.3) is 0 Å². The zero-order valence-corrected chi connectivity index (χ0v) is 11.1. The van der Waals surface area contributed by atoms with E-state index >= 15 is 0 Å². The fraction of sp³-hybridized carbons (Fsp3) is 0.571. The van der Waals surface area contributed by atoms with Crippen LogP contribution in [-0.4, -0.2) is 31.1 Å². The van der Waals surface area contributed by atoms with Crippen LogP contribution in [0.4, 0.5) is 0 Å². The van der Waals surface area contributed by atoms with Gasteiger partial charge in [-0.3, -0.25) is 0 Å². The summed E-state index contributed by atoms with van der Waals surface area (Å²) >= 11 is 0. The van der Waals surface area contributed by atoms with E-state index in [1.165, 1.54) is 5.57 Å². The molecule has 0 aliphatic heterocycles. The average molecular weight is 224 g/mol. The van der Waals surface area contributed by atoms with E-state index in [0.29, 0.717) is 5.92 Å². The molecule has 0 bridgehead atoms. The Bertz CT molecular complexity index is 257. The lowest BCUT2D eigenvalue weighted by atomic mass is 10.1. The monoisotopic (exact) mass is 224 g/mol. The second-order valence-electron chi connectivity index (χ2n) is 4.56. The Balaban J connectivity index is 0. The Hall–Kier alpha value is -0.860. The number of likely N-dealkylation sites (N-methyl/N-ethyl adjacent to an activating group) is 1. The third-order valence-corrected chi connectivity index (χ3v) is 2.65. The average Bonchev–Trinajstić information content (AvgIpc) is 2.23. The van der Waals surface area contributed by atoms with Gasteiger partial charge in [-0.1, -0.05) is 44.7 Å². The fourth-order valence-corrected chi connectivity index (χ4v) is 1.38. The maximum atomic E-state index is 6.04. The predicted octanol–water partition coefficient (Wildman–Crippen LogP) is 2.84. The molecule has 0 radical (unpaired) electrons. The van der Waals surface area contributed by atoms with Crippen molar-refractivity contribution in [1.82, 2.24) is 4.90 Å². The fourth-order valence-electron chi connectivity index (χ4n) is 1.38. The molecule has 0 aromatic rings. The highest BCUT2D eigenvalue weighted by Gasteiger charge is 2.10. The maximum Gasteiger partial charge on any atom is 0.0228 e. The van der Waals surface area contributed by atoms with Crippen LogP contribution in [0.2, 0.25) is 0 Å². The van der Waals surface area contributed by atoms with Gasteiger partial charge in [-0.05, 0) is 25.5 Å². The van der Waals surface area contributed by atoms with Gasteiger partial charge in [-0.2, -0.15) is 0 Å². The van der Waals surface area contributed by atoms with Crippen LogP contribution in [-0.2, 0) is 0 Å². The molecule has 2 heteroatoms. The van der Waals surface area contributed by atoms with E-state index < -0.39 is 0 Å². The lowest BCUT2D eigenvalue weighted by Crippen LogP contribution is -2.39. The SMILES string of the molecule is C=C/C=C\C(=C/C)CN(C)CC(N)C(C)C.[HH]. The van der Waals surface area contributed by atoms with E-state index in [1.54, 1.807) is 6.08 Å². The molecule has 0 heterocycles. The zero-order chi connectivity index (χ0) is 12.6. The lowest BCUT2D eigenvalue weighted by Gasteiger charge is -2.24. The van der Waals surface area contributed by atoms with Crippen LogP contribution in [0.15, 0.2) is 36.5 Å². The molecular formula is C14H28N2. The standard InChI is InChI=1S/C14H26N2.H2/c1-6-8-9-13(7-2)10-16(5)11-14(15)12(3)4;/h6-9,12,14H,1,10-11,15H2,2-5H3;1H/b9-8-,13-7+;. The van der Waals surface area contributed by atoms with Gasteiger partial charge in [0.25, 0.3) is 0 Å². The minimum atomic E-state index is 0. The molecule has 94 valence electrons. The van der Waals surface area contributed by atoms with Crippen LogP contribution in [0.1, 0.15) is 22.2 Å². The number of rotatable bonds is 7. The van der Waals surface area contributed by atoms with Gasteiger partial charge in [0.2, 0.25) is 0 Å². The van der Waals surface area contributed by atoms with Crippen LogP contribution in [0, 0.1) is 5.92 Å². The normalized spacial score (nSPS) is 15.1. The van der Waals surface area contributed by atoms with Crippen molar-refractivity contribution >= 4 is 0 Å². The third-order valence-electron chi connectivity index (χ3n) is 2.65. The molecule has 0 saturated carbocycles. The number of allylic oxidation sites excluding steroid dienone is 3. The molecule has 1 atom stereocenters. The molecule has 0 fully saturated rings. The summed E-state index contributed by atoms with van der Waals surface area (Å²) in [6, 6.07) is 0.242.